The zero-order chi connectivity index (χ0) is 12.0. The Balaban J connectivity index is 2.97. The van der Waals surface area contributed by atoms with Gasteiger partial charge < -0.3 is 9.47 Å². The summed E-state index contributed by atoms with van der Waals surface area (Å²) in [7, 11) is 1.24. The topological polar surface area (TPSA) is 65.5 Å². The maximum atomic E-state index is 11.2. The van der Waals surface area contributed by atoms with Gasteiger partial charge in [-0.25, -0.2) is 9.78 Å². The monoisotopic (exact) mass is 241 g/mol. The molecule has 0 atom stereocenters. The fourth-order valence-electron chi connectivity index (χ4n) is 1.06. The molecule has 0 aliphatic heterocycles. The maximum Gasteiger partial charge on any atom is 0.340 e. The number of nitrogens with zero attached hydrogens (tertiary/aromatic N) is 1. The maximum absolute atomic E-state index is 11.2. The number of carbonyl (C=O) groups is 2. The molecule has 0 saturated carbocycles. The van der Waals surface area contributed by atoms with Crippen LogP contribution in [0.15, 0.2) is 12.3 Å². The second-order valence-corrected chi connectivity index (χ2v) is 3.24. The molecule has 0 amide bonds. The van der Waals surface area contributed by atoms with Crippen molar-refractivity contribution >= 4 is 24.9 Å². The van der Waals surface area contributed by atoms with Crippen LogP contribution in [0.5, 0.6) is 5.88 Å². The van der Waals surface area contributed by atoms with Gasteiger partial charge in [0, 0.05) is 23.6 Å². The number of esters is 1. The van der Waals surface area contributed by atoms with E-state index in [4.69, 9.17) is 4.74 Å². The number of rotatable bonds is 5. The molecule has 1 heterocycles. The minimum absolute atomic E-state index is 0.121. The highest BCUT2D eigenvalue weighted by atomic mass is 32.1. The number of hydrogen-bond acceptors (Lipinski definition) is 6. The van der Waals surface area contributed by atoms with Gasteiger partial charge in [0.25, 0.3) is 0 Å². The first-order valence-electron chi connectivity index (χ1n) is 4.50. The van der Waals surface area contributed by atoms with Gasteiger partial charge in [0.1, 0.15) is 0 Å². The highest BCUT2D eigenvalue weighted by Gasteiger charge is 2.13. The first-order valence-corrected chi connectivity index (χ1v) is 5.13. The van der Waals surface area contributed by atoms with Crippen molar-refractivity contribution in [3.05, 3.63) is 23.4 Å². The molecular weight excluding hydrogens is 230 g/mol. The Bertz CT molecular complexity index is 394. The molecule has 0 aromatic carbocycles. The van der Waals surface area contributed by atoms with E-state index < -0.39 is 5.97 Å². The lowest BCUT2D eigenvalue weighted by atomic mass is 10.1. The third-order valence-corrected chi connectivity index (χ3v) is 1.97. The molecule has 0 radical (unpaired) electrons. The molecule has 16 heavy (non-hydrogen) atoms. The molecule has 0 aliphatic rings. The van der Waals surface area contributed by atoms with Crippen molar-refractivity contribution in [3.8, 4) is 5.88 Å². The van der Waals surface area contributed by atoms with E-state index >= 15 is 0 Å². The number of thiol groups is 1. The largest absolute Gasteiger partial charge is 0.477 e. The summed E-state index contributed by atoms with van der Waals surface area (Å²) in [5.74, 6) is 0.218. The van der Waals surface area contributed by atoms with Crippen LogP contribution in [0.1, 0.15) is 20.7 Å². The molecule has 0 saturated heterocycles. The summed E-state index contributed by atoms with van der Waals surface area (Å²) in [6.07, 6.45) is 1.81. The van der Waals surface area contributed by atoms with Crippen molar-refractivity contribution < 1.29 is 19.1 Å². The van der Waals surface area contributed by atoms with E-state index in [1.165, 1.54) is 19.4 Å². The van der Waals surface area contributed by atoms with Crippen molar-refractivity contribution in [2.24, 2.45) is 0 Å². The molecular formula is C10H11NO4S. The molecule has 6 heteroatoms. The van der Waals surface area contributed by atoms with Crippen LogP contribution in [0.2, 0.25) is 0 Å². The van der Waals surface area contributed by atoms with Crippen molar-refractivity contribution in [1.29, 1.82) is 0 Å². The summed E-state index contributed by atoms with van der Waals surface area (Å²) in [6.45, 7) is 0.381. The molecule has 1 aromatic rings. The summed E-state index contributed by atoms with van der Waals surface area (Å²) in [5.41, 5.74) is 0.312. The van der Waals surface area contributed by atoms with Crippen molar-refractivity contribution in [1.82, 2.24) is 4.98 Å². The van der Waals surface area contributed by atoms with Gasteiger partial charge in [0.2, 0.25) is 5.88 Å². The van der Waals surface area contributed by atoms with E-state index in [1.807, 2.05) is 0 Å². The molecule has 0 N–H and O–H groups in total. The zero-order valence-electron chi connectivity index (χ0n) is 8.67. The highest BCUT2D eigenvalue weighted by Crippen LogP contribution is 2.14. The van der Waals surface area contributed by atoms with Crippen LogP contribution in [-0.4, -0.2) is 36.7 Å². The molecule has 1 aromatic heterocycles. The number of methoxy groups -OCH3 is 1. The van der Waals surface area contributed by atoms with Gasteiger partial charge >= 0.3 is 5.97 Å². The average Bonchev–Trinajstić information content (AvgIpc) is 2.34. The van der Waals surface area contributed by atoms with Crippen LogP contribution in [0.3, 0.4) is 0 Å². The second kappa shape index (κ2) is 6.12. The fraction of sp³-hybridized carbons (Fsp3) is 0.300. The predicted molar refractivity (Wildman–Crippen MR) is 60.3 cm³/mol. The lowest BCUT2D eigenvalue weighted by molar-refractivity contribution is 0.0597. The Morgan fingerprint density at radius 3 is 2.94 bits per heavy atom. The summed E-state index contributed by atoms with van der Waals surface area (Å²) in [6, 6.07) is 1.39. The summed E-state index contributed by atoms with van der Waals surface area (Å²) >= 11 is 3.97. The Labute approximate surface area is 98.2 Å². The minimum Gasteiger partial charge on any atom is -0.477 e. The number of pyridine rings is 1. The van der Waals surface area contributed by atoms with Crippen molar-refractivity contribution in [2.45, 2.75) is 0 Å². The SMILES string of the molecule is COC(=O)c1cnc(OCCS)cc1C=O. The quantitative estimate of drug-likeness (QED) is 0.473. The number of aromatic nitrogens is 1. The number of hydrogen-bond donors (Lipinski definition) is 1. The molecule has 0 aliphatic carbocycles. The van der Waals surface area contributed by atoms with E-state index in [9.17, 15) is 9.59 Å². The van der Waals surface area contributed by atoms with Crippen LogP contribution in [-0.2, 0) is 4.74 Å². The number of aldehydes is 1. The lowest BCUT2D eigenvalue weighted by Gasteiger charge is -2.06. The molecule has 5 nitrogen and oxygen atoms in total. The fourth-order valence-corrected chi connectivity index (χ4v) is 1.15. The standard InChI is InChI=1S/C10H11NO4S/c1-14-10(13)8-5-11-9(15-2-3-16)4-7(8)6-12/h4-6,16H,2-3H2,1H3. The third kappa shape index (κ3) is 2.96. The van der Waals surface area contributed by atoms with Gasteiger partial charge in [0.05, 0.1) is 19.3 Å². The van der Waals surface area contributed by atoms with E-state index in [0.717, 1.165) is 0 Å². The summed E-state index contributed by atoms with van der Waals surface area (Å²) in [4.78, 5) is 25.9. The second-order valence-electron chi connectivity index (χ2n) is 2.79. The van der Waals surface area contributed by atoms with Gasteiger partial charge in [-0.2, -0.15) is 12.6 Å². The first-order chi connectivity index (χ1) is 7.72. The van der Waals surface area contributed by atoms with Gasteiger partial charge in [-0.05, 0) is 0 Å². The Hall–Kier alpha value is -1.56. The van der Waals surface area contributed by atoms with Crippen molar-refractivity contribution in [2.75, 3.05) is 19.5 Å². The Kier molecular flexibility index (Phi) is 4.78. The van der Waals surface area contributed by atoms with E-state index in [1.54, 1.807) is 0 Å². The van der Waals surface area contributed by atoms with Gasteiger partial charge in [0.15, 0.2) is 6.29 Å². The zero-order valence-corrected chi connectivity index (χ0v) is 9.57. The van der Waals surface area contributed by atoms with E-state index in [-0.39, 0.29) is 17.0 Å². The molecule has 0 fully saturated rings. The van der Waals surface area contributed by atoms with Crippen LogP contribution in [0.4, 0.5) is 0 Å². The van der Waals surface area contributed by atoms with Crippen LogP contribution in [0.25, 0.3) is 0 Å². The van der Waals surface area contributed by atoms with Crippen LogP contribution >= 0.6 is 12.6 Å². The molecule has 86 valence electrons. The predicted octanol–water partition coefficient (Wildman–Crippen LogP) is 0.989. The van der Waals surface area contributed by atoms with Gasteiger partial charge in [-0.3, -0.25) is 4.79 Å². The minimum atomic E-state index is -0.602. The Morgan fingerprint density at radius 2 is 2.38 bits per heavy atom. The molecule has 0 spiro atoms. The van der Waals surface area contributed by atoms with E-state index in [0.29, 0.717) is 18.6 Å². The average molecular weight is 241 g/mol. The van der Waals surface area contributed by atoms with Crippen LogP contribution in [0, 0.1) is 0 Å². The van der Waals surface area contributed by atoms with Gasteiger partial charge in [-0.1, -0.05) is 0 Å². The smallest absolute Gasteiger partial charge is 0.340 e. The summed E-state index contributed by atoms with van der Waals surface area (Å²) < 4.78 is 9.68. The summed E-state index contributed by atoms with van der Waals surface area (Å²) in [5, 5.41) is 0. The third-order valence-electron chi connectivity index (χ3n) is 1.78. The van der Waals surface area contributed by atoms with Crippen molar-refractivity contribution in [3.63, 3.8) is 0 Å². The normalized spacial score (nSPS) is 9.62. The molecule has 1 rings (SSSR count). The molecule has 0 unspecified atom stereocenters. The molecule has 0 bridgehead atoms. The van der Waals surface area contributed by atoms with Crippen LogP contribution < -0.4 is 4.74 Å². The van der Waals surface area contributed by atoms with E-state index in [2.05, 4.69) is 22.3 Å². The number of ether oxygens (including phenoxy) is 2. The van der Waals surface area contributed by atoms with Gasteiger partial charge in [-0.15, -0.1) is 0 Å². The lowest BCUT2D eigenvalue weighted by Crippen LogP contribution is -2.08. The first kappa shape index (κ1) is 12.5. The Morgan fingerprint density at radius 1 is 1.62 bits per heavy atom. The number of carbonyl (C=O) groups excluding carboxylic acids is 2. The highest BCUT2D eigenvalue weighted by molar-refractivity contribution is 7.80.